The van der Waals surface area contributed by atoms with Gasteiger partial charge in [-0.05, 0) is 25.0 Å². The Morgan fingerprint density at radius 1 is 1.28 bits per heavy atom. The second-order valence-electron chi connectivity index (χ2n) is 4.76. The zero-order valence-electron chi connectivity index (χ0n) is 10.6. The molecule has 0 saturated heterocycles. The average Bonchev–Trinajstić information content (AvgIpc) is 2.40. The van der Waals surface area contributed by atoms with Crippen LogP contribution < -0.4 is 11.1 Å². The fourth-order valence-corrected chi connectivity index (χ4v) is 2.33. The van der Waals surface area contributed by atoms with Gasteiger partial charge in [0.1, 0.15) is 5.82 Å². The van der Waals surface area contributed by atoms with E-state index in [0.29, 0.717) is 24.9 Å². The summed E-state index contributed by atoms with van der Waals surface area (Å²) in [5.74, 6) is -0.381. The second-order valence-corrected chi connectivity index (χ2v) is 4.76. The SMILES string of the molecule is Nc1c(F)cccc1NCCOC1CCCCC1. The van der Waals surface area contributed by atoms with Crippen LogP contribution in [0.25, 0.3) is 0 Å². The lowest BCUT2D eigenvalue weighted by molar-refractivity contribution is 0.0347. The van der Waals surface area contributed by atoms with Crippen molar-refractivity contribution in [3.05, 3.63) is 24.0 Å². The third kappa shape index (κ3) is 3.60. The molecule has 0 bridgehead atoms. The van der Waals surface area contributed by atoms with Gasteiger partial charge in [-0.1, -0.05) is 25.3 Å². The molecular weight excluding hydrogens is 231 g/mol. The van der Waals surface area contributed by atoms with Gasteiger partial charge in [0.15, 0.2) is 0 Å². The van der Waals surface area contributed by atoms with E-state index in [9.17, 15) is 4.39 Å². The number of nitrogens with two attached hydrogens (primary N) is 1. The summed E-state index contributed by atoms with van der Waals surface area (Å²) in [6.07, 6.45) is 6.62. The summed E-state index contributed by atoms with van der Waals surface area (Å²) in [4.78, 5) is 0. The molecule has 1 aliphatic carbocycles. The molecule has 2 rings (SSSR count). The second kappa shape index (κ2) is 6.59. The van der Waals surface area contributed by atoms with Crippen molar-refractivity contribution in [1.82, 2.24) is 0 Å². The smallest absolute Gasteiger partial charge is 0.148 e. The van der Waals surface area contributed by atoms with Crippen molar-refractivity contribution in [3.63, 3.8) is 0 Å². The van der Waals surface area contributed by atoms with Crippen LogP contribution in [0.2, 0.25) is 0 Å². The van der Waals surface area contributed by atoms with Crippen molar-refractivity contribution in [3.8, 4) is 0 Å². The van der Waals surface area contributed by atoms with E-state index < -0.39 is 0 Å². The molecule has 1 saturated carbocycles. The minimum Gasteiger partial charge on any atom is -0.395 e. The Morgan fingerprint density at radius 2 is 2.06 bits per heavy atom. The zero-order chi connectivity index (χ0) is 12.8. The molecule has 0 atom stereocenters. The van der Waals surface area contributed by atoms with Crippen LogP contribution in [-0.2, 0) is 4.74 Å². The molecule has 0 aromatic heterocycles. The number of nitrogens with one attached hydrogen (secondary N) is 1. The molecule has 1 aromatic rings. The number of anilines is 2. The molecule has 3 nitrogen and oxygen atoms in total. The molecule has 4 heteroatoms. The summed E-state index contributed by atoms with van der Waals surface area (Å²) >= 11 is 0. The van der Waals surface area contributed by atoms with Crippen molar-refractivity contribution < 1.29 is 9.13 Å². The maximum absolute atomic E-state index is 13.2. The molecule has 3 N–H and O–H groups in total. The largest absolute Gasteiger partial charge is 0.395 e. The predicted molar refractivity (Wildman–Crippen MR) is 72.1 cm³/mol. The van der Waals surface area contributed by atoms with Crippen LogP contribution in [0.3, 0.4) is 0 Å². The van der Waals surface area contributed by atoms with Gasteiger partial charge >= 0.3 is 0 Å². The molecule has 100 valence electrons. The van der Waals surface area contributed by atoms with Crippen LogP contribution in [0.15, 0.2) is 18.2 Å². The lowest BCUT2D eigenvalue weighted by atomic mass is 9.98. The van der Waals surface area contributed by atoms with E-state index in [0.717, 1.165) is 0 Å². The summed E-state index contributed by atoms with van der Waals surface area (Å²) in [5.41, 5.74) is 6.45. The highest BCUT2D eigenvalue weighted by atomic mass is 19.1. The van der Waals surface area contributed by atoms with Crippen LogP contribution in [-0.4, -0.2) is 19.3 Å². The van der Waals surface area contributed by atoms with Gasteiger partial charge in [0, 0.05) is 6.54 Å². The molecular formula is C14H21FN2O. The Morgan fingerprint density at radius 3 is 2.83 bits per heavy atom. The summed E-state index contributed by atoms with van der Waals surface area (Å²) < 4.78 is 19.0. The number of ether oxygens (including phenoxy) is 1. The van der Waals surface area contributed by atoms with E-state index in [1.807, 2.05) is 0 Å². The summed E-state index contributed by atoms with van der Waals surface area (Å²) in [6, 6.07) is 4.79. The molecule has 1 fully saturated rings. The lowest BCUT2D eigenvalue weighted by Crippen LogP contribution is -2.20. The number of para-hydroxylation sites is 1. The van der Waals surface area contributed by atoms with Gasteiger partial charge in [0.2, 0.25) is 0 Å². The first-order chi connectivity index (χ1) is 8.77. The van der Waals surface area contributed by atoms with Crippen LogP contribution in [0.4, 0.5) is 15.8 Å². The number of hydrogen-bond acceptors (Lipinski definition) is 3. The molecule has 18 heavy (non-hydrogen) atoms. The van der Waals surface area contributed by atoms with E-state index in [1.165, 1.54) is 38.2 Å². The third-order valence-electron chi connectivity index (χ3n) is 3.38. The standard InChI is InChI=1S/C14H21FN2O/c15-12-7-4-8-13(14(12)16)17-9-10-18-11-5-2-1-3-6-11/h4,7-8,11,17H,1-3,5-6,9-10,16H2. The van der Waals surface area contributed by atoms with Crippen molar-refractivity contribution in [2.75, 3.05) is 24.2 Å². The fraction of sp³-hybridized carbons (Fsp3) is 0.571. The van der Waals surface area contributed by atoms with Gasteiger partial charge in [-0.3, -0.25) is 0 Å². The Bertz CT molecular complexity index is 378. The Kier molecular flexibility index (Phi) is 4.81. The molecule has 0 spiro atoms. The number of hydrogen-bond donors (Lipinski definition) is 2. The molecule has 0 amide bonds. The molecule has 0 heterocycles. The molecule has 0 unspecified atom stereocenters. The van der Waals surface area contributed by atoms with E-state index in [1.54, 1.807) is 12.1 Å². The van der Waals surface area contributed by atoms with Crippen molar-refractivity contribution in [2.45, 2.75) is 38.2 Å². The number of halogens is 1. The van der Waals surface area contributed by atoms with Crippen molar-refractivity contribution in [1.29, 1.82) is 0 Å². The van der Waals surface area contributed by atoms with Crippen molar-refractivity contribution >= 4 is 11.4 Å². The fourth-order valence-electron chi connectivity index (χ4n) is 2.33. The average molecular weight is 252 g/mol. The maximum atomic E-state index is 13.2. The van der Waals surface area contributed by atoms with E-state index in [2.05, 4.69) is 5.32 Å². The predicted octanol–water partition coefficient (Wildman–Crippen LogP) is 3.17. The van der Waals surface area contributed by atoms with Crippen LogP contribution in [0.1, 0.15) is 32.1 Å². The monoisotopic (exact) mass is 252 g/mol. The highest BCUT2D eigenvalue weighted by Gasteiger charge is 2.13. The number of rotatable bonds is 5. The quantitative estimate of drug-likeness (QED) is 0.625. The third-order valence-corrected chi connectivity index (χ3v) is 3.38. The van der Waals surface area contributed by atoms with Crippen LogP contribution in [0, 0.1) is 5.82 Å². The van der Waals surface area contributed by atoms with E-state index in [4.69, 9.17) is 10.5 Å². The van der Waals surface area contributed by atoms with Gasteiger partial charge in [-0.2, -0.15) is 0 Å². The normalized spacial score (nSPS) is 16.7. The Balaban J connectivity index is 1.70. The lowest BCUT2D eigenvalue weighted by Gasteiger charge is -2.22. The molecule has 1 aromatic carbocycles. The van der Waals surface area contributed by atoms with Crippen LogP contribution in [0.5, 0.6) is 0 Å². The van der Waals surface area contributed by atoms with E-state index >= 15 is 0 Å². The molecule has 0 radical (unpaired) electrons. The van der Waals surface area contributed by atoms with Gasteiger partial charge in [0.25, 0.3) is 0 Å². The zero-order valence-corrected chi connectivity index (χ0v) is 10.6. The minimum atomic E-state index is -0.381. The van der Waals surface area contributed by atoms with Gasteiger partial charge in [-0.15, -0.1) is 0 Å². The minimum absolute atomic E-state index is 0.176. The molecule has 0 aliphatic heterocycles. The highest BCUT2D eigenvalue weighted by Crippen LogP contribution is 2.22. The van der Waals surface area contributed by atoms with Crippen molar-refractivity contribution in [2.24, 2.45) is 0 Å². The molecule has 1 aliphatic rings. The van der Waals surface area contributed by atoms with Crippen LogP contribution >= 0.6 is 0 Å². The van der Waals surface area contributed by atoms with Gasteiger partial charge < -0.3 is 15.8 Å². The Labute approximate surface area is 108 Å². The number of benzene rings is 1. The topological polar surface area (TPSA) is 47.3 Å². The van der Waals surface area contributed by atoms with Gasteiger partial charge in [0.05, 0.1) is 24.1 Å². The first kappa shape index (κ1) is 13.1. The summed E-state index contributed by atoms with van der Waals surface area (Å²) in [6.45, 7) is 1.30. The van der Waals surface area contributed by atoms with E-state index in [-0.39, 0.29) is 11.5 Å². The summed E-state index contributed by atoms with van der Waals surface area (Å²) in [7, 11) is 0. The van der Waals surface area contributed by atoms with Gasteiger partial charge in [-0.25, -0.2) is 4.39 Å². The maximum Gasteiger partial charge on any atom is 0.148 e. The number of nitrogen functional groups attached to an aromatic ring is 1. The highest BCUT2D eigenvalue weighted by molar-refractivity contribution is 5.66. The first-order valence-corrected chi connectivity index (χ1v) is 6.67. The Hall–Kier alpha value is -1.29. The first-order valence-electron chi connectivity index (χ1n) is 6.67. The summed E-state index contributed by atoms with van der Waals surface area (Å²) in [5, 5.41) is 3.10.